The van der Waals surface area contributed by atoms with E-state index >= 15 is 0 Å². The van der Waals surface area contributed by atoms with Crippen molar-refractivity contribution in [3.63, 3.8) is 0 Å². The van der Waals surface area contributed by atoms with E-state index in [0.29, 0.717) is 19.0 Å². The van der Waals surface area contributed by atoms with E-state index in [1.54, 1.807) is 11.0 Å². The van der Waals surface area contributed by atoms with Crippen LogP contribution in [0.15, 0.2) is 84.9 Å². The molecule has 0 spiro atoms. The summed E-state index contributed by atoms with van der Waals surface area (Å²) in [6, 6.07) is 25.3. The van der Waals surface area contributed by atoms with Gasteiger partial charge in [0.2, 0.25) is 0 Å². The molecular formula is C32H35F6N3O4. The number of hydrogen-bond acceptors (Lipinski definition) is 4. The molecule has 3 aromatic rings. The van der Waals surface area contributed by atoms with Crippen molar-refractivity contribution in [1.29, 1.82) is 0 Å². The van der Waals surface area contributed by atoms with Gasteiger partial charge in [-0.3, -0.25) is 0 Å². The third-order valence-corrected chi connectivity index (χ3v) is 7.08. The molecule has 0 atom stereocenters. The number of alkyl halides is 6. The lowest BCUT2D eigenvalue weighted by molar-refractivity contribution is -0.274. The number of likely N-dealkylation sites (tertiary alicyclic amines) is 1. The molecule has 1 aliphatic rings. The van der Waals surface area contributed by atoms with Crippen LogP contribution in [-0.2, 0) is 17.8 Å². The predicted molar refractivity (Wildman–Crippen MR) is 157 cm³/mol. The van der Waals surface area contributed by atoms with Gasteiger partial charge in [-0.1, -0.05) is 72.8 Å². The Hall–Kier alpha value is -4.26. The third kappa shape index (κ3) is 13.1. The quantitative estimate of drug-likeness (QED) is 0.224. The number of nitrogens with zero attached hydrogens (tertiary/aromatic N) is 2. The van der Waals surface area contributed by atoms with Crippen LogP contribution in [0.25, 0.3) is 0 Å². The summed E-state index contributed by atoms with van der Waals surface area (Å²) in [5.74, 6) is -2.51. The minimum Gasteiger partial charge on any atom is -0.475 e. The molecule has 4 rings (SSSR count). The number of anilines is 1. The Morgan fingerprint density at radius 1 is 0.844 bits per heavy atom. The van der Waals surface area contributed by atoms with Gasteiger partial charge in [0.1, 0.15) is 0 Å². The molecule has 2 amide bonds. The normalized spacial score (nSPS) is 14.2. The fourth-order valence-corrected chi connectivity index (χ4v) is 4.88. The summed E-state index contributed by atoms with van der Waals surface area (Å²) in [6.07, 6.45) is -5.75. The average Bonchev–Trinajstić information content (AvgIpc) is 2.99. The maximum atomic E-state index is 13.2. The molecule has 45 heavy (non-hydrogen) atoms. The molecule has 0 aromatic heterocycles. The molecule has 13 heteroatoms. The van der Waals surface area contributed by atoms with Crippen molar-refractivity contribution in [2.45, 2.75) is 44.8 Å². The van der Waals surface area contributed by atoms with Crippen LogP contribution in [0.5, 0.6) is 5.75 Å². The molecule has 2 N–H and O–H groups in total. The smallest absolute Gasteiger partial charge is 0.475 e. The number of carboxylic acid groups (broad SMARTS) is 1. The summed E-state index contributed by atoms with van der Waals surface area (Å²) in [7, 11) is 0. The largest absolute Gasteiger partial charge is 0.573 e. The highest BCUT2D eigenvalue weighted by Crippen LogP contribution is 2.30. The Balaban J connectivity index is 0.000000707. The Morgan fingerprint density at radius 3 is 1.93 bits per heavy atom. The summed E-state index contributed by atoms with van der Waals surface area (Å²) < 4.78 is 74.3. The molecule has 0 bridgehead atoms. The van der Waals surface area contributed by atoms with Crippen LogP contribution in [-0.4, -0.2) is 65.6 Å². The monoisotopic (exact) mass is 639 g/mol. The van der Waals surface area contributed by atoms with Gasteiger partial charge in [-0.2, -0.15) is 13.2 Å². The van der Waals surface area contributed by atoms with Crippen molar-refractivity contribution in [3.05, 3.63) is 96.1 Å². The van der Waals surface area contributed by atoms with Gasteiger partial charge in [0.15, 0.2) is 5.75 Å². The summed E-state index contributed by atoms with van der Waals surface area (Å²) >= 11 is 0. The highest BCUT2D eigenvalue weighted by molar-refractivity contribution is 5.91. The molecule has 1 saturated heterocycles. The second-order valence-electron chi connectivity index (χ2n) is 10.5. The van der Waals surface area contributed by atoms with Crippen LogP contribution in [0.2, 0.25) is 0 Å². The first-order chi connectivity index (χ1) is 21.3. The van der Waals surface area contributed by atoms with E-state index in [0.717, 1.165) is 50.9 Å². The van der Waals surface area contributed by atoms with E-state index in [-0.39, 0.29) is 5.69 Å². The number of urea groups is 1. The van der Waals surface area contributed by atoms with Crippen LogP contribution >= 0.6 is 0 Å². The summed E-state index contributed by atoms with van der Waals surface area (Å²) in [6.45, 7) is 3.76. The first-order valence-electron chi connectivity index (χ1n) is 14.3. The number of carbonyl (C=O) groups is 2. The second kappa shape index (κ2) is 16.7. The lowest BCUT2D eigenvalue weighted by Gasteiger charge is -2.32. The molecule has 1 fully saturated rings. The van der Waals surface area contributed by atoms with Crippen LogP contribution < -0.4 is 10.1 Å². The number of para-hydroxylation sites is 2. The van der Waals surface area contributed by atoms with Gasteiger partial charge in [-0.15, -0.1) is 13.2 Å². The van der Waals surface area contributed by atoms with Gasteiger partial charge in [0.25, 0.3) is 0 Å². The molecular weight excluding hydrogens is 604 g/mol. The predicted octanol–water partition coefficient (Wildman–Crippen LogP) is 7.60. The molecule has 0 aliphatic carbocycles. The maximum Gasteiger partial charge on any atom is 0.573 e. The molecule has 1 heterocycles. The fraction of sp³-hybridized carbons (Fsp3) is 0.375. The molecule has 0 saturated carbocycles. The number of nitrogens with one attached hydrogen (secondary N) is 1. The van der Waals surface area contributed by atoms with Crippen molar-refractivity contribution >= 4 is 17.7 Å². The van der Waals surface area contributed by atoms with E-state index in [1.807, 2.05) is 36.4 Å². The molecule has 7 nitrogen and oxygen atoms in total. The number of rotatable bonds is 10. The number of hydrogen-bond donors (Lipinski definition) is 2. The number of carboxylic acids is 1. The van der Waals surface area contributed by atoms with E-state index in [2.05, 4.69) is 39.2 Å². The van der Waals surface area contributed by atoms with Gasteiger partial charge in [0, 0.05) is 13.1 Å². The topological polar surface area (TPSA) is 82.1 Å². The number of ether oxygens (including phenoxy) is 1. The van der Waals surface area contributed by atoms with Crippen LogP contribution in [0.1, 0.15) is 30.4 Å². The Labute approximate surface area is 257 Å². The number of benzene rings is 3. The number of carbonyl (C=O) groups excluding carboxylic acids is 1. The van der Waals surface area contributed by atoms with E-state index in [1.165, 1.54) is 23.8 Å². The van der Waals surface area contributed by atoms with E-state index in [9.17, 15) is 31.1 Å². The second-order valence-corrected chi connectivity index (χ2v) is 10.5. The van der Waals surface area contributed by atoms with Gasteiger partial charge >= 0.3 is 24.5 Å². The number of aliphatic carboxylic acids is 1. The van der Waals surface area contributed by atoms with Crippen molar-refractivity contribution < 1.29 is 45.8 Å². The summed E-state index contributed by atoms with van der Waals surface area (Å²) in [5.41, 5.74) is 2.31. The minimum atomic E-state index is -5.08. The maximum absolute atomic E-state index is 13.2. The Morgan fingerprint density at radius 2 is 1.38 bits per heavy atom. The van der Waals surface area contributed by atoms with E-state index in [4.69, 9.17) is 9.90 Å². The zero-order valence-corrected chi connectivity index (χ0v) is 24.4. The SMILES string of the molecule is O=C(Nc1ccccc1OC(F)(F)F)N(CCCN1CCC(Cc2ccccc2)CC1)Cc1ccccc1.O=C(O)C(F)(F)F. The zero-order valence-electron chi connectivity index (χ0n) is 24.4. The minimum absolute atomic E-state index is 0.0200. The lowest BCUT2D eigenvalue weighted by atomic mass is 9.90. The standard InChI is InChI=1S/C30H34F3N3O2.C2HF3O2/c31-30(32,33)38-28-15-8-7-14-27(28)34-29(37)36(23-26-12-5-2-6-13-26)19-9-18-35-20-16-25(17-21-35)22-24-10-3-1-4-11-24;3-2(4,5)1(6)7/h1-8,10-15,25H,9,16-23H2,(H,34,37);(H,6,7). The molecule has 244 valence electrons. The first-order valence-corrected chi connectivity index (χ1v) is 14.3. The summed E-state index contributed by atoms with van der Waals surface area (Å²) in [4.78, 5) is 26.2. The van der Waals surface area contributed by atoms with Crippen molar-refractivity contribution in [2.24, 2.45) is 5.92 Å². The Bertz CT molecular complexity index is 1330. The zero-order chi connectivity index (χ0) is 32.9. The lowest BCUT2D eigenvalue weighted by Crippen LogP contribution is -2.39. The highest BCUT2D eigenvalue weighted by atomic mass is 19.4. The molecule has 3 aromatic carbocycles. The number of halogens is 6. The van der Waals surface area contributed by atoms with Gasteiger partial charge in [-0.05, 0) is 74.5 Å². The van der Waals surface area contributed by atoms with E-state index < -0.39 is 30.3 Å². The van der Waals surface area contributed by atoms with Crippen molar-refractivity contribution in [1.82, 2.24) is 9.80 Å². The van der Waals surface area contributed by atoms with Crippen molar-refractivity contribution in [2.75, 3.05) is 31.5 Å². The highest BCUT2D eigenvalue weighted by Gasteiger charge is 2.38. The third-order valence-electron chi connectivity index (χ3n) is 7.08. The number of piperidine rings is 1. The van der Waals surface area contributed by atoms with Gasteiger partial charge < -0.3 is 25.0 Å². The Kier molecular flexibility index (Phi) is 13.1. The molecule has 0 radical (unpaired) electrons. The fourth-order valence-electron chi connectivity index (χ4n) is 4.88. The van der Waals surface area contributed by atoms with Crippen LogP contribution in [0, 0.1) is 5.92 Å². The molecule has 0 unspecified atom stereocenters. The van der Waals surface area contributed by atoms with Crippen LogP contribution in [0.3, 0.4) is 0 Å². The van der Waals surface area contributed by atoms with Crippen molar-refractivity contribution in [3.8, 4) is 5.75 Å². The first kappa shape index (κ1) is 35.2. The van der Waals surface area contributed by atoms with Crippen LogP contribution in [0.4, 0.5) is 36.8 Å². The van der Waals surface area contributed by atoms with Gasteiger partial charge in [0.05, 0.1) is 5.69 Å². The van der Waals surface area contributed by atoms with Gasteiger partial charge in [-0.25, -0.2) is 9.59 Å². The summed E-state index contributed by atoms with van der Waals surface area (Å²) in [5, 5.41) is 9.74. The molecule has 1 aliphatic heterocycles. The average molecular weight is 640 g/mol. The number of amides is 2.